The van der Waals surface area contributed by atoms with E-state index in [9.17, 15) is 4.79 Å². The third-order valence-electron chi connectivity index (χ3n) is 4.40. The van der Waals surface area contributed by atoms with Gasteiger partial charge in [-0.15, -0.1) is 0 Å². The molecule has 26 heavy (non-hydrogen) atoms. The van der Waals surface area contributed by atoms with Crippen LogP contribution in [0.4, 0.5) is 0 Å². The summed E-state index contributed by atoms with van der Waals surface area (Å²) in [6.45, 7) is 6.32. The van der Waals surface area contributed by atoms with E-state index >= 15 is 0 Å². The number of esters is 1. The summed E-state index contributed by atoms with van der Waals surface area (Å²) in [5, 5.41) is 0. The first kappa shape index (κ1) is 25.0. The molecule has 2 radical (unpaired) electrons. The lowest BCUT2D eigenvalue weighted by molar-refractivity contribution is -0.190. The van der Waals surface area contributed by atoms with Gasteiger partial charge in [-0.3, -0.25) is 4.79 Å². The van der Waals surface area contributed by atoms with Gasteiger partial charge in [0.05, 0.1) is 0 Å². The Kier molecular flexibility index (Phi) is 12.1. The second-order valence-corrected chi connectivity index (χ2v) is 12.9. The van der Waals surface area contributed by atoms with E-state index in [2.05, 4.69) is 41.5 Å². The van der Waals surface area contributed by atoms with E-state index in [1.165, 1.54) is 5.67 Å². The Morgan fingerprint density at radius 1 is 1.23 bits per heavy atom. The van der Waals surface area contributed by atoms with Crippen LogP contribution in [0.25, 0.3) is 0 Å². The molecule has 1 rings (SSSR count). The van der Waals surface area contributed by atoms with Crippen LogP contribution in [0.2, 0.25) is 24.8 Å². The van der Waals surface area contributed by atoms with Crippen molar-refractivity contribution >= 4 is 52.2 Å². The van der Waals surface area contributed by atoms with E-state index in [-0.39, 0.29) is 12.6 Å². The van der Waals surface area contributed by atoms with Gasteiger partial charge in [0.15, 0.2) is 5.79 Å². The standard InChI is InChI=1S/C14H31O7P3Si2/c1-14(21-24)13(20-23)12(19-22)10(18-14)8-17-11(15)6-5-7-25(3)9-26(4)16-2/h10,12-13H,5-9,22-24H2,1-4H3/t10-,12?,13?,14?/m1/s1. The molecule has 7 nitrogen and oxygen atoms in total. The van der Waals surface area contributed by atoms with E-state index in [0.717, 1.165) is 12.5 Å². The zero-order valence-electron chi connectivity index (χ0n) is 15.9. The molecular weight excluding hydrogens is 429 g/mol. The number of ether oxygens (including phenoxy) is 2. The fourth-order valence-electron chi connectivity index (χ4n) is 2.88. The predicted octanol–water partition coefficient (Wildman–Crippen LogP) is 2.51. The highest BCUT2D eigenvalue weighted by Crippen LogP contribution is 2.39. The van der Waals surface area contributed by atoms with Crippen molar-refractivity contribution in [1.82, 2.24) is 0 Å². The Hall–Kier alpha value is 0.994. The smallest absolute Gasteiger partial charge is 0.305 e. The molecule has 0 saturated carbocycles. The minimum Gasteiger partial charge on any atom is -0.463 e. The molecule has 1 aliphatic heterocycles. The molecule has 0 spiro atoms. The van der Waals surface area contributed by atoms with Crippen molar-refractivity contribution in [3.05, 3.63) is 0 Å². The van der Waals surface area contributed by atoms with Gasteiger partial charge in [0.1, 0.15) is 24.9 Å². The topological polar surface area (TPSA) is 72.5 Å². The zero-order valence-corrected chi connectivity index (χ0v) is 21.3. The molecule has 0 aromatic carbocycles. The second kappa shape index (κ2) is 12.5. The number of rotatable bonds is 12. The molecule has 0 aromatic heterocycles. The van der Waals surface area contributed by atoms with E-state index in [1.807, 2.05) is 0 Å². The molecule has 152 valence electrons. The maximum atomic E-state index is 12.0. The zero-order chi connectivity index (χ0) is 19.7. The van der Waals surface area contributed by atoms with Gasteiger partial charge in [0.2, 0.25) is 9.04 Å². The SMILES string of the molecule is CO[Si](C)C[Si](C)CCCC(=O)OC[C@H]1OC(C)(OP)C(OP)C1OP. The monoisotopic (exact) mass is 460 g/mol. The summed E-state index contributed by atoms with van der Waals surface area (Å²) in [6.07, 6.45) is -0.101. The summed E-state index contributed by atoms with van der Waals surface area (Å²) in [4.78, 5) is 12.0. The van der Waals surface area contributed by atoms with Crippen LogP contribution in [-0.4, -0.2) is 61.6 Å². The van der Waals surface area contributed by atoms with Crippen molar-refractivity contribution in [3.8, 4) is 0 Å². The Morgan fingerprint density at radius 2 is 1.92 bits per heavy atom. The maximum absolute atomic E-state index is 12.0. The van der Waals surface area contributed by atoms with E-state index < -0.39 is 41.9 Å². The third-order valence-corrected chi connectivity index (χ3v) is 11.8. The molecule has 12 heteroatoms. The fraction of sp³-hybridized carbons (Fsp3) is 0.929. The summed E-state index contributed by atoms with van der Waals surface area (Å²) >= 11 is 0. The van der Waals surface area contributed by atoms with Gasteiger partial charge in [0, 0.05) is 50.7 Å². The minimum atomic E-state index is -0.995. The molecule has 1 fully saturated rings. The number of carbonyl (C=O) groups is 1. The van der Waals surface area contributed by atoms with Crippen molar-refractivity contribution < 1.29 is 32.3 Å². The van der Waals surface area contributed by atoms with Crippen LogP contribution in [-0.2, 0) is 32.3 Å². The lowest BCUT2D eigenvalue weighted by atomic mass is 10.1. The Bertz CT molecular complexity index is 437. The van der Waals surface area contributed by atoms with Crippen LogP contribution in [0.5, 0.6) is 0 Å². The van der Waals surface area contributed by atoms with Gasteiger partial charge in [-0.2, -0.15) is 0 Å². The highest BCUT2D eigenvalue weighted by Gasteiger charge is 2.54. The Balaban J connectivity index is 2.37. The number of hydrogen-bond acceptors (Lipinski definition) is 7. The average molecular weight is 460 g/mol. The van der Waals surface area contributed by atoms with Crippen LogP contribution >= 0.6 is 28.4 Å². The first-order chi connectivity index (χ1) is 12.3. The summed E-state index contributed by atoms with van der Waals surface area (Å²) in [5.41, 5.74) is 1.19. The molecule has 1 saturated heterocycles. The first-order valence-electron chi connectivity index (χ1n) is 8.41. The Morgan fingerprint density at radius 3 is 2.46 bits per heavy atom. The average Bonchev–Trinajstić information content (AvgIpc) is 2.91. The molecule has 0 amide bonds. The van der Waals surface area contributed by atoms with Gasteiger partial charge in [-0.1, -0.05) is 12.6 Å². The van der Waals surface area contributed by atoms with Crippen LogP contribution in [0.1, 0.15) is 19.8 Å². The molecule has 0 bridgehead atoms. The lowest BCUT2D eigenvalue weighted by Gasteiger charge is -2.28. The van der Waals surface area contributed by atoms with Crippen molar-refractivity contribution in [2.45, 2.75) is 68.7 Å². The summed E-state index contributed by atoms with van der Waals surface area (Å²) in [6, 6.07) is 1.09. The first-order valence-corrected chi connectivity index (χ1v) is 14.4. The van der Waals surface area contributed by atoms with Crippen molar-refractivity contribution in [1.29, 1.82) is 0 Å². The van der Waals surface area contributed by atoms with E-state index in [4.69, 9.17) is 27.5 Å². The largest absolute Gasteiger partial charge is 0.463 e. The molecule has 6 unspecified atom stereocenters. The Labute approximate surface area is 167 Å². The minimum absolute atomic E-state index is 0.0990. The molecule has 0 aliphatic carbocycles. The highest BCUT2D eigenvalue weighted by molar-refractivity contribution is 7.10. The van der Waals surface area contributed by atoms with Gasteiger partial charge in [-0.25, -0.2) is 0 Å². The number of carbonyl (C=O) groups excluding carboxylic acids is 1. The summed E-state index contributed by atoms with van der Waals surface area (Å²) in [7, 11) is 7.25. The van der Waals surface area contributed by atoms with Gasteiger partial charge in [-0.05, 0) is 25.6 Å². The molecule has 7 atom stereocenters. The molecular formula is C14H31O7P3Si2. The van der Waals surface area contributed by atoms with Crippen LogP contribution in [0.3, 0.4) is 0 Å². The van der Waals surface area contributed by atoms with Gasteiger partial charge >= 0.3 is 5.97 Å². The normalized spacial score (nSPS) is 28.9. The molecule has 1 heterocycles. The van der Waals surface area contributed by atoms with Crippen molar-refractivity contribution in [2.75, 3.05) is 13.7 Å². The highest BCUT2D eigenvalue weighted by atomic mass is 31.0. The van der Waals surface area contributed by atoms with Gasteiger partial charge in [0.25, 0.3) is 0 Å². The van der Waals surface area contributed by atoms with Crippen LogP contribution < -0.4 is 0 Å². The molecule has 0 N–H and O–H groups in total. The van der Waals surface area contributed by atoms with Gasteiger partial charge < -0.3 is 27.5 Å². The lowest BCUT2D eigenvalue weighted by Crippen LogP contribution is -2.41. The fourth-order valence-corrected chi connectivity index (χ4v) is 9.25. The number of hydrogen-bond donors (Lipinski definition) is 0. The van der Waals surface area contributed by atoms with Crippen LogP contribution in [0.15, 0.2) is 0 Å². The van der Waals surface area contributed by atoms with Crippen LogP contribution in [0, 0.1) is 0 Å². The molecule has 0 aromatic rings. The quantitative estimate of drug-likeness (QED) is 0.252. The predicted molar refractivity (Wildman–Crippen MR) is 113 cm³/mol. The summed E-state index contributed by atoms with van der Waals surface area (Å²) < 4.78 is 32.7. The molecule has 1 aliphatic rings. The van der Waals surface area contributed by atoms with E-state index in [1.54, 1.807) is 14.0 Å². The summed E-state index contributed by atoms with van der Waals surface area (Å²) in [5.74, 6) is -1.21. The maximum Gasteiger partial charge on any atom is 0.305 e. The van der Waals surface area contributed by atoms with E-state index in [0.29, 0.717) is 6.42 Å². The van der Waals surface area contributed by atoms with Crippen molar-refractivity contribution in [2.24, 2.45) is 0 Å². The van der Waals surface area contributed by atoms with Crippen molar-refractivity contribution in [3.63, 3.8) is 0 Å². The third kappa shape index (κ3) is 7.43. The second-order valence-electron chi connectivity index (χ2n) is 6.52.